The second-order valence-electron chi connectivity index (χ2n) is 6.28. The number of aromatic amines is 1. The van der Waals surface area contributed by atoms with Gasteiger partial charge in [-0.3, -0.25) is 4.79 Å². The number of nitrogens with zero attached hydrogens (tertiary/aromatic N) is 1. The zero-order valence-electron chi connectivity index (χ0n) is 15.8. The van der Waals surface area contributed by atoms with Gasteiger partial charge >= 0.3 is 12.1 Å². The summed E-state index contributed by atoms with van der Waals surface area (Å²) < 4.78 is 44.0. The van der Waals surface area contributed by atoms with Gasteiger partial charge in [-0.25, -0.2) is 9.78 Å². The van der Waals surface area contributed by atoms with Crippen molar-refractivity contribution < 1.29 is 22.7 Å². The molecule has 0 atom stereocenters. The fraction of sp³-hybridized carbons (Fsp3) is 0.250. The van der Waals surface area contributed by atoms with Crippen molar-refractivity contribution in [2.45, 2.75) is 26.9 Å². The van der Waals surface area contributed by atoms with E-state index in [4.69, 9.17) is 4.74 Å². The summed E-state index contributed by atoms with van der Waals surface area (Å²) in [6, 6.07) is 4.51. The van der Waals surface area contributed by atoms with Crippen molar-refractivity contribution in [3.05, 3.63) is 62.0 Å². The number of halogens is 3. The minimum atomic E-state index is -4.52. The van der Waals surface area contributed by atoms with Gasteiger partial charge in [0.2, 0.25) is 0 Å². The van der Waals surface area contributed by atoms with Gasteiger partial charge in [0, 0.05) is 4.88 Å². The van der Waals surface area contributed by atoms with Crippen molar-refractivity contribution in [1.82, 2.24) is 9.97 Å². The second-order valence-corrected chi connectivity index (χ2v) is 7.48. The molecule has 0 amide bonds. The lowest BCUT2D eigenvalue weighted by molar-refractivity contribution is -0.137. The Balaban J connectivity index is 2.19. The van der Waals surface area contributed by atoms with E-state index in [-0.39, 0.29) is 23.6 Å². The number of aromatic nitrogens is 2. The quantitative estimate of drug-likeness (QED) is 0.488. The van der Waals surface area contributed by atoms with Gasteiger partial charge < -0.3 is 9.72 Å². The van der Waals surface area contributed by atoms with Gasteiger partial charge in [0.15, 0.2) is 0 Å². The molecule has 29 heavy (non-hydrogen) atoms. The highest BCUT2D eigenvalue weighted by atomic mass is 32.1. The molecule has 0 unspecified atom stereocenters. The lowest BCUT2D eigenvalue weighted by Crippen LogP contribution is -2.15. The molecule has 0 aliphatic carbocycles. The number of rotatable bonds is 4. The Hall–Kier alpha value is -2.94. The molecular formula is C20H17F3N2O3S. The van der Waals surface area contributed by atoms with E-state index in [0.29, 0.717) is 10.2 Å². The van der Waals surface area contributed by atoms with Crippen LogP contribution in [-0.2, 0) is 15.7 Å². The van der Waals surface area contributed by atoms with Crippen LogP contribution in [0.25, 0.3) is 21.9 Å². The van der Waals surface area contributed by atoms with Crippen LogP contribution >= 0.6 is 11.3 Å². The smallest absolute Gasteiger partial charge is 0.416 e. The summed E-state index contributed by atoms with van der Waals surface area (Å²) in [5.41, 5.74) is -0.482. The van der Waals surface area contributed by atoms with Crippen LogP contribution in [-0.4, -0.2) is 22.5 Å². The van der Waals surface area contributed by atoms with Gasteiger partial charge in [-0.05, 0) is 50.1 Å². The van der Waals surface area contributed by atoms with Crippen molar-refractivity contribution in [3.63, 3.8) is 0 Å². The Morgan fingerprint density at radius 3 is 2.69 bits per heavy atom. The Bertz CT molecular complexity index is 1180. The van der Waals surface area contributed by atoms with E-state index in [1.54, 1.807) is 13.8 Å². The number of nitrogens with one attached hydrogen (secondary N) is 1. The first-order valence-corrected chi connectivity index (χ1v) is 9.50. The number of esters is 1. The number of ether oxygens (including phenoxy) is 1. The van der Waals surface area contributed by atoms with Gasteiger partial charge in [-0.1, -0.05) is 12.1 Å². The monoisotopic (exact) mass is 422 g/mol. The zero-order chi connectivity index (χ0) is 21.3. The summed E-state index contributed by atoms with van der Waals surface area (Å²) in [4.78, 5) is 33.3. The fourth-order valence-corrected chi connectivity index (χ4v) is 3.82. The molecule has 2 heterocycles. The number of benzene rings is 1. The van der Waals surface area contributed by atoms with E-state index >= 15 is 0 Å². The molecule has 3 aromatic rings. The molecule has 0 spiro atoms. The number of hydrogen-bond donors (Lipinski definition) is 1. The highest BCUT2D eigenvalue weighted by Gasteiger charge is 2.30. The molecule has 0 radical (unpaired) electrons. The minimum absolute atomic E-state index is 0.0559. The molecule has 3 rings (SSSR count). The molecule has 0 saturated heterocycles. The van der Waals surface area contributed by atoms with E-state index in [1.807, 2.05) is 6.92 Å². The highest BCUT2D eigenvalue weighted by Crippen LogP contribution is 2.31. The number of carbonyl (C=O) groups is 1. The van der Waals surface area contributed by atoms with Crippen molar-refractivity contribution in [2.24, 2.45) is 0 Å². The zero-order valence-corrected chi connectivity index (χ0v) is 16.6. The summed E-state index contributed by atoms with van der Waals surface area (Å²) in [7, 11) is 0. The van der Waals surface area contributed by atoms with Gasteiger partial charge in [0.25, 0.3) is 5.56 Å². The summed E-state index contributed by atoms with van der Waals surface area (Å²) in [6.07, 6.45) is -3.30. The maximum Gasteiger partial charge on any atom is 0.416 e. The molecule has 152 valence electrons. The lowest BCUT2D eigenvalue weighted by atomic mass is 10.1. The fourth-order valence-electron chi connectivity index (χ4n) is 2.79. The van der Waals surface area contributed by atoms with Crippen LogP contribution in [0.3, 0.4) is 0 Å². The molecule has 0 fully saturated rings. The van der Waals surface area contributed by atoms with Crippen LogP contribution in [0.15, 0.2) is 29.1 Å². The van der Waals surface area contributed by atoms with Gasteiger partial charge in [0.05, 0.1) is 17.6 Å². The molecule has 1 N–H and O–H groups in total. The van der Waals surface area contributed by atoms with Crippen LogP contribution in [0.1, 0.15) is 34.3 Å². The number of hydrogen-bond acceptors (Lipinski definition) is 5. The summed E-state index contributed by atoms with van der Waals surface area (Å²) >= 11 is 1.30. The number of alkyl halides is 3. The number of H-pyrrole nitrogens is 1. The van der Waals surface area contributed by atoms with Crippen molar-refractivity contribution in [3.8, 4) is 0 Å². The van der Waals surface area contributed by atoms with E-state index in [0.717, 1.165) is 22.6 Å². The number of carbonyl (C=O) groups excluding carboxylic acids is 1. The van der Waals surface area contributed by atoms with Crippen molar-refractivity contribution >= 4 is 39.2 Å². The Labute approximate surface area is 167 Å². The molecule has 1 aromatic carbocycles. The molecule has 0 bridgehead atoms. The van der Waals surface area contributed by atoms with Crippen LogP contribution in [0.5, 0.6) is 0 Å². The molecule has 0 saturated carbocycles. The summed E-state index contributed by atoms with van der Waals surface area (Å²) in [5.74, 6) is -0.850. The number of thiophene rings is 1. The third-order valence-corrected chi connectivity index (χ3v) is 5.42. The molecule has 5 nitrogen and oxygen atoms in total. The number of fused-ring (bicyclic) bond motifs is 1. The van der Waals surface area contributed by atoms with E-state index in [1.165, 1.54) is 29.5 Å². The third-order valence-electron chi connectivity index (χ3n) is 4.31. The van der Waals surface area contributed by atoms with Gasteiger partial charge in [0.1, 0.15) is 16.2 Å². The molecule has 0 aliphatic heterocycles. The Morgan fingerprint density at radius 1 is 1.31 bits per heavy atom. The minimum Gasteiger partial charge on any atom is -0.462 e. The van der Waals surface area contributed by atoms with Gasteiger partial charge in [-0.2, -0.15) is 13.2 Å². The topological polar surface area (TPSA) is 72.0 Å². The van der Waals surface area contributed by atoms with Crippen molar-refractivity contribution in [2.75, 3.05) is 6.61 Å². The standard InChI is InChI=1S/C20H17F3N2O3S/c1-4-28-19(27)14(9-12-6-5-7-13(8-12)20(21,22)23)16-24-17(26)15-10(2)11(3)29-18(15)25-16/h5-9H,4H2,1-3H3,(H,24,25,26). The first-order chi connectivity index (χ1) is 13.6. The first kappa shape index (κ1) is 20.8. The molecule has 2 aromatic heterocycles. The van der Waals surface area contributed by atoms with Crippen molar-refractivity contribution in [1.29, 1.82) is 0 Å². The van der Waals surface area contributed by atoms with E-state index < -0.39 is 23.3 Å². The molecular weight excluding hydrogens is 405 g/mol. The molecule has 9 heteroatoms. The number of aryl methyl sites for hydroxylation is 2. The second kappa shape index (κ2) is 7.82. The SMILES string of the molecule is CCOC(=O)C(=Cc1cccc(C(F)(F)F)c1)c1nc2sc(C)c(C)c2c(=O)[nH]1. The highest BCUT2D eigenvalue weighted by molar-refractivity contribution is 7.18. The third kappa shape index (κ3) is 4.24. The lowest BCUT2D eigenvalue weighted by Gasteiger charge is -2.09. The first-order valence-electron chi connectivity index (χ1n) is 8.68. The van der Waals surface area contributed by atoms with E-state index in [2.05, 4.69) is 9.97 Å². The predicted molar refractivity (Wildman–Crippen MR) is 106 cm³/mol. The maximum absolute atomic E-state index is 13.0. The van der Waals surface area contributed by atoms with E-state index in [9.17, 15) is 22.8 Å². The Kier molecular flexibility index (Phi) is 5.61. The largest absolute Gasteiger partial charge is 0.462 e. The van der Waals surface area contributed by atoms with Crippen LogP contribution in [0.2, 0.25) is 0 Å². The maximum atomic E-state index is 13.0. The van der Waals surface area contributed by atoms with Crippen LogP contribution in [0.4, 0.5) is 13.2 Å². The summed E-state index contributed by atoms with van der Waals surface area (Å²) in [6.45, 7) is 5.31. The molecule has 0 aliphatic rings. The van der Waals surface area contributed by atoms with Crippen LogP contribution < -0.4 is 5.56 Å². The normalized spacial score (nSPS) is 12.4. The average Bonchev–Trinajstić information content (AvgIpc) is 2.93. The summed E-state index contributed by atoms with van der Waals surface area (Å²) in [5, 5.41) is 0.429. The average molecular weight is 422 g/mol. The Morgan fingerprint density at radius 2 is 2.03 bits per heavy atom. The van der Waals surface area contributed by atoms with Gasteiger partial charge in [-0.15, -0.1) is 11.3 Å². The predicted octanol–water partition coefficient (Wildman–Crippen LogP) is 4.72. The van der Waals surface area contributed by atoms with Crippen LogP contribution in [0, 0.1) is 13.8 Å².